The molecule has 1 aromatic heterocycles. The van der Waals surface area contributed by atoms with Gasteiger partial charge in [-0.15, -0.1) is 0 Å². The quantitative estimate of drug-likeness (QED) is 0.135. The average molecular weight is 1090 g/mol. The van der Waals surface area contributed by atoms with Crippen LogP contribution >= 0.6 is 0 Å². The Morgan fingerprint density at radius 3 is 0.953 bits per heavy atom. The number of fused-ring (bicyclic) bond motifs is 7. The Balaban J connectivity index is 1.10. The van der Waals surface area contributed by atoms with E-state index in [0.29, 0.717) is 11.1 Å². The van der Waals surface area contributed by atoms with Crippen molar-refractivity contribution in [2.45, 2.75) is 0 Å². The van der Waals surface area contributed by atoms with E-state index in [4.69, 9.17) is 0 Å². The molecule has 0 fully saturated rings. The van der Waals surface area contributed by atoms with E-state index in [1.54, 1.807) is 0 Å². The van der Waals surface area contributed by atoms with Crippen molar-refractivity contribution < 1.29 is 0 Å². The van der Waals surface area contributed by atoms with Crippen molar-refractivity contribution in [3.8, 4) is 84.6 Å². The molecule has 16 rings (SSSR count). The maximum atomic E-state index is 10.9. The first-order valence-corrected chi connectivity index (χ1v) is 29.1. The van der Waals surface area contributed by atoms with Gasteiger partial charge in [-0.25, -0.2) is 0 Å². The average Bonchev–Trinajstić information content (AvgIpc) is 0.807. The molecule has 0 saturated carbocycles. The van der Waals surface area contributed by atoms with E-state index in [0.717, 1.165) is 145 Å². The normalized spacial score (nSPS) is 12.1. The summed E-state index contributed by atoms with van der Waals surface area (Å²) in [6, 6.07) is 114. The lowest BCUT2D eigenvalue weighted by atomic mass is 9.33. The van der Waals surface area contributed by atoms with Gasteiger partial charge in [-0.2, -0.15) is 10.5 Å². The monoisotopic (exact) mass is 1090 g/mol. The van der Waals surface area contributed by atoms with E-state index in [-0.39, 0.29) is 0 Å². The summed E-state index contributed by atoms with van der Waals surface area (Å²) in [5.74, 6) is 0. The lowest BCUT2D eigenvalue weighted by Crippen LogP contribution is -2.61. The van der Waals surface area contributed by atoms with Crippen LogP contribution in [0.3, 0.4) is 0 Å². The first-order valence-electron chi connectivity index (χ1n) is 29.1. The fourth-order valence-electron chi connectivity index (χ4n) is 13.6. The van der Waals surface area contributed by atoms with Gasteiger partial charge in [0, 0.05) is 55.8 Å². The van der Waals surface area contributed by atoms with E-state index in [9.17, 15) is 10.5 Å². The summed E-state index contributed by atoms with van der Waals surface area (Å²) < 4.78 is 2.47. The highest BCUT2D eigenvalue weighted by Gasteiger charge is 2.46. The highest BCUT2D eigenvalue weighted by molar-refractivity contribution is 7.00. The van der Waals surface area contributed by atoms with E-state index in [2.05, 4.69) is 318 Å². The largest absolute Gasteiger partial charge is 0.310 e. The Bertz CT molecular complexity index is 4640. The van der Waals surface area contributed by atoms with Gasteiger partial charge in [-0.1, -0.05) is 231 Å². The second-order valence-electron chi connectivity index (χ2n) is 22.2. The standard InChI is InChI=1S/C80H50BN5/c82-51-53-37-41-74-70(45-53)81-71-46-54(52-83)38-42-75(71)86(80-66(59-29-15-5-16-30-59)35-20-36-67(80)60-31-17-6-18-32-60)77-50-63(49-76(78(77)81)85(74)79-64(57-25-11-3-12-26-57)33-19-34-65(79)58-27-13-4-14-28-58)84-72-43-39-61(55-21-7-1-8-22-55)47-68(72)69-48-62(40-44-73(69)84)56-23-9-2-10-24-56/h1-50H. The molecule has 13 aromatic carbocycles. The summed E-state index contributed by atoms with van der Waals surface area (Å²) in [7, 11) is 0. The van der Waals surface area contributed by atoms with Gasteiger partial charge in [-0.05, 0) is 134 Å². The second kappa shape index (κ2) is 20.6. The molecule has 398 valence electrons. The molecule has 5 nitrogen and oxygen atoms in total. The van der Waals surface area contributed by atoms with Crippen molar-refractivity contribution in [3.63, 3.8) is 0 Å². The summed E-state index contributed by atoms with van der Waals surface area (Å²) in [6.07, 6.45) is 0. The number of aromatic nitrogens is 1. The molecule has 0 aliphatic carbocycles. The minimum absolute atomic E-state index is 0.415. The maximum absolute atomic E-state index is 10.9. The van der Waals surface area contributed by atoms with E-state index < -0.39 is 6.71 Å². The topological polar surface area (TPSA) is 59.0 Å². The third-order valence-electron chi connectivity index (χ3n) is 17.4. The Kier molecular flexibility index (Phi) is 12.0. The van der Waals surface area contributed by atoms with Crippen LogP contribution < -0.4 is 26.2 Å². The lowest BCUT2D eigenvalue weighted by molar-refractivity contribution is 1.16. The molecule has 3 heterocycles. The number of nitriles is 2. The number of para-hydroxylation sites is 2. The molecule has 0 radical (unpaired) electrons. The second-order valence-corrected chi connectivity index (χ2v) is 22.2. The van der Waals surface area contributed by atoms with Gasteiger partial charge >= 0.3 is 0 Å². The van der Waals surface area contributed by atoms with Gasteiger partial charge in [0.15, 0.2) is 0 Å². The lowest BCUT2D eigenvalue weighted by Gasteiger charge is -2.46. The summed E-state index contributed by atoms with van der Waals surface area (Å²) >= 11 is 0. The van der Waals surface area contributed by atoms with E-state index in [1.807, 2.05) is 12.1 Å². The fraction of sp³-hybridized carbons (Fsp3) is 0. The Labute approximate surface area is 500 Å². The smallest absolute Gasteiger partial charge is 0.252 e. The number of nitrogens with zero attached hydrogens (tertiary/aromatic N) is 5. The zero-order chi connectivity index (χ0) is 57.2. The maximum Gasteiger partial charge on any atom is 0.252 e. The molecule has 0 bridgehead atoms. The van der Waals surface area contributed by atoms with Crippen molar-refractivity contribution in [1.29, 1.82) is 10.5 Å². The predicted octanol–water partition coefficient (Wildman–Crippen LogP) is 18.6. The van der Waals surface area contributed by atoms with E-state index >= 15 is 0 Å². The summed E-state index contributed by atoms with van der Waals surface area (Å²) in [6.45, 7) is -0.415. The molecule has 14 aromatic rings. The molecule has 0 spiro atoms. The molecule has 0 saturated heterocycles. The Morgan fingerprint density at radius 2 is 0.616 bits per heavy atom. The number of benzene rings is 13. The third kappa shape index (κ3) is 8.16. The molecule has 0 amide bonds. The van der Waals surface area contributed by atoms with Crippen LogP contribution in [-0.4, -0.2) is 11.3 Å². The van der Waals surface area contributed by atoms with Crippen molar-refractivity contribution in [1.82, 2.24) is 4.57 Å². The zero-order valence-corrected chi connectivity index (χ0v) is 46.7. The first-order chi connectivity index (χ1) is 42.6. The number of hydrogen-bond donors (Lipinski definition) is 0. The summed E-state index contributed by atoms with van der Waals surface area (Å²) in [4.78, 5) is 4.99. The van der Waals surface area contributed by atoms with E-state index in [1.165, 1.54) is 0 Å². The molecule has 2 aliphatic heterocycles. The fourth-order valence-corrected chi connectivity index (χ4v) is 13.6. The molecule has 0 unspecified atom stereocenters. The minimum atomic E-state index is -0.415. The van der Waals surface area contributed by atoms with Gasteiger partial charge in [0.05, 0.1) is 51.4 Å². The summed E-state index contributed by atoms with van der Waals surface area (Å²) in [5, 5.41) is 24.2. The van der Waals surface area contributed by atoms with Gasteiger partial charge in [0.1, 0.15) is 0 Å². The van der Waals surface area contributed by atoms with Crippen molar-refractivity contribution in [3.05, 3.63) is 314 Å². The number of rotatable bonds is 9. The zero-order valence-electron chi connectivity index (χ0n) is 46.7. The molecule has 6 heteroatoms. The van der Waals surface area contributed by atoms with Crippen LogP contribution in [-0.2, 0) is 0 Å². The van der Waals surface area contributed by atoms with Crippen LogP contribution in [0, 0.1) is 22.7 Å². The molecule has 0 N–H and O–H groups in total. The molecule has 86 heavy (non-hydrogen) atoms. The first kappa shape index (κ1) is 50.1. The van der Waals surface area contributed by atoms with Crippen LogP contribution in [0.2, 0.25) is 0 Å². The van der Waals surface area contributed by atoms with Crippen LogP contribution in [0.5, 0.6) is 0 Å². The Morgan fingerprint density at radius 1 is 0.279 bits per heavy atom. The van der Waals surface area contributed by atoms with Gasteiger partial charge in [0.2, 0.25) is 0 Å². The van der Waals surface area contributed by atoms with Crippen molar-refractivity contribution >= 4 is 79.0 Å². The molecular formula is C80H50BN5. The molecular weight excluding hydrogens is 1040 g/mol. The van der Waals surface area contributed by atoms with Gasteiger partial charge in [-0.3, -0.25) is 0 Å². The predicted molar refractivity (Wildman–Crippen MR) is 357 cm³/mol. The summed E-state index contributed by atoms with van der Waals surface area (Å²) in [5.41, 5.74) is 26.2. The van der Waals surface area contributed by atoms with Crippen LogP contribution in [0.1, 0.15) is 11.1 Å². The van der Waals surface area contributed by atoms with Crippen LogP contribution in [0.4, 0.5) is 34.1 Å². The van der Waals surface area contributed by atoms with Crippen LogP contribution in [0.15, 0.2) is 303 Å². The number of anilines is 6. The molecule has 0 atom stereocenters. The minimum Gasteiger partial charge on any atom is -0.310 e. The van der Waals surface area contributed by atoms with Crippen molar-refractivity contribution in [2.24, 2.45) is 0 Å². The van der Waals surface area contributed by atoms with Crippen LogP contribution in [0.25, 0.3) is 94.3 Å². The van der Waals surface area contributed by atoms with Crippen molar-refractivity contribution in [2.75, 3.05) is 9.80 Å². The SMILES string of the molecule is N#Cc1ccc2c(c1)B1c3cc(C#N)ccc3N(c3c(-c4ccccc4)cccc3-c3ccccc3)c3cc(-n4c5ccc(-c6ccccc6)cc5c5cc(-c6ccccc6)ccc54)cc(c31)N2c1c(-c2ccccc2)cccc1-c1ccccc1. The third-order valence-corrected chi connectivity index (χ3v) is 17.4. The van der Waals surface area contributed by atoms with Gasteiger partial charge < -0.3 is 14.4 Å². The Hall–Kier alpha value is -11.7. The highest BCUT2D eigenvalue weighted by Crippen LogP contribution is 2.54. The van der Waals surface area contributed by atoms with Gasteiger partial charge in [0.25, 0.3) is 6.71 Å². The molecule has 2 aliphatic rings. The highest BCUT2D eigenvalue weighted by atomic mass is 15.2. The number of hydrogen-bond acceptors (Lipinski definition) is 4.